The zero-order valence-electron chi connectivity index (χ0n) is 22.6. The van der Waals surface area contributed by atoms with Crippen molar-refractivity contribution >= 4 is 5.97 Å². The summed E-state index contributed by atoms with van der Waals surface area (Å²) in [5, 5.41) is 18.1. The lowest BCUT2D eigenvalue weighted by molar-refractivity contribution is -0.158. The molecule has 1 N–H and O–H groups in total. The van der Waals surface area contributed by atoms with Crippen LogP contribution in [0.1, 0.15) is 67.1 Å². The highest BCUT2D eigenvalue weighted by Crippen LogP contribution is 2.38. The van der Waals surface area contributed by atoms with Crippen LogP contribution in [0.4, 0.5) is 0 Å². The summed E-state index contributed by atoms with van der Waals surface area (Å²) in [6, 6.07) is 10.1. The highest BCUT2D eigenvalue weighted by Gasteiger charge is 2.39. The van der Waals surface area contributed by atoms with Crippen LogP contribution in [0.3, 0.4) is 0 Å². The normalized spacial score (nSPS) is 17.1. The Kier molecular flexibility index (Phi) is 7.94. The van der Waals surface area contributed by atoms with E-state index in [1.807, 2.05) is 31.2 Å². The maximum absolute atomic E-state index is 12.2. The Morgan fingerprint density at radius 3 is 2.73 bits per heavy atom. The highest BCUT2D eigenvalue weighted by molar-refractivity contribution is 5.74. The zero-order valence-corrected chi connectivity index (χ0v) is 22.6. The number of aliphatic carboxylic acids is 1. The van der Waals surface area contributed by atoms with Crippen molar-refractivity contribution in [2.75, 3.05) is 6.54 Å². The van der Waals surface area contributed by atoms with Crippen molar-refractivity contribution in [2.24, 2.45) is 12.5 Å². The molecule has 0 amide bonds. The molecule has 198 valence electrons. The first-order valence-corrected chi connectivity index (χ1v) is 12.7. The molecule has 0 fully saturated rings. The zero-order chi connectivity index (χ0) is 26.7. The van der Waals surface area contributed by atoms with Crippen molar-refractivity contribution in [3.8, 4) is 5.75 Å². The lowest BCUT2D eigenvalue weighted by Crippen LogP contribution is -2.34. The van der Waals surface area contributed by atoms with Crippen molar-refractivity contribution < 1.29 is 19.4 Å². The van der Waals surface area contributed by atoms with E-state index in [1.165, 1.54) is 0 Å². The average Bonchev–Trinajstić information content (AvgIpc) is 3.17. The van der Waals surface area contributed by atoms with E-state index in [2.05, 4.69) is 35.1 Å². The van der Waals surface area contributed by atoms with E-state index in [9.17, 15) is 9.90 Å². The van der Waals surface area contributed by atoms with Gasteiger partial charge in [-0.2, -0.15) is 0 Å². The number of carbonyl (C=O) groups is 1. The highest BCUT2D eigenvalue weighted by atomic mass is 16.5. The molecule has 0 saturated carbocycles. The molecule has 0 spiro atoms. The summed E-state index contributed by atoms with van der Waals surface area (Å²) < 4.78 is 14.1. The van der Waals surface area contributed by atoms with Crippen LogP contribution >= 0.6 is 0 Å². The van der Waals surface area contributed by atoms with Crippen LogP contribution in [0, 0.1) is 19.3 Å². The van der Waals surface area contributed by atoms with Gasteiger partial charge in [0.15, 0.2) is 0 Å². The Labute approximate surface area is 218 Å². The van der Waals surface area contributed by atoms with Gasteiger partial charge in [0, 0.05) is 32.4 Å². The molecule has 3 heterocycles. The smallest absolute Gasteiger partial charge is 0.312 e. The van der Waals surface area contributed by atoms with E-state index in [-0.39, 0.29) is 12.7 Å². The second kappa shape index (κ2) is 11.0. The lowest BCUT2D eigenvalue weighted by atomic mass is 9.81. The first kappa shape index (κ1) is 26.8. The van der Waals surface area contributed by atoms with Gasteiger partial charge in [0.2, 0.25) is 0 Å². The van der Waals surface area contributed by atoms with Gasteiger partial charge < -0.3 is 14.6 Å². The molecule has 4 rings (SSSR count). The van der Waals surface area contributed by atoms with Crippen molar-refractivity contribution in [2.45, 2.75) is 72.9 Å². The summed E-state index contributed by atoms with van der Waals surface area (Å²) in [5.74, 6) is -0.0709. The topological polar surface area (TPSA) is 103 Å². The predicted octanol–water partition coefficient (Wildman–Crippen LogP) is 4.37. The van der Waals surface area contributed by atoms with Crippen LogP contribution < -0.4 is 4.74 Å². The maximum atomic E-state index is 12.2. The second-order valence-electron chi connectivity index (χ2n) is 10.5. The molecular weight excluding hydrogens is 470 g/mol. The molecular formula is C28H37N5O4. The van der Waals surface area contributed by atoms with Gasteiger partial charge in [0.25, 0.3) is 0 Å². The Balaban J connectivity index is 1.62. The van der Waals surface area contributed by atoms with Gasteiger partial charge in [0.1, 0.15) is 17.5 Å². The van der Waals surface area contributed by atoms with E-state index in [0.717, 1.165) is 46.8 Å². The number of fused-ring (bicyclic) bond motifs is 1. The standard InChI is InChI=1S/C28H37N5O4/c1-7-23-15-33(16-24-25(37-23)11-9-19(3)29-24)13-21-12-20(10-8-18(21)2)26(28(4,5)27(34)35)36-17-22-14-32(6)31-30-22/h8-12,14,23,26H,7,13,15-17H2,1-6H3,(H,34,35)/t23-,26?/m1/s1. The van der Waals surface area contributed by atoms with E-state index >= 15 is 0 Å². The van der Waals surface area contributed by atoms with Crippen molar-refractivity contribution in [1.82, 2.24) is 24.9 Å². The minimum absolute atomic E-state index is 0.0725. The fourth-order valence-electron chi connectivity index (χ4n) is 4.66. The molecule has 0 bridgehead atoms. The minimum Gasteiger partial charge on any atom is -0.487 e. The quantitative estimate of drug-likeness (QED) is 0.456. The predicted molar refractivity (Wildman–Crippen MR) is 139 cm³/mol. The average molecular weight is 508 g/mol. The molecule has 37 heavy (non-hydrogen) atoms. The number of aryl methyl sites for hydroxylation is 3. The maximum Gasteiger partial charge on any atom is 0.312 e. The lowest BCUT2D eigenvalue weighted by Gasteiger charge is -2.31. The molecule has 0 radical (unpaired) electrons. The van der Waals surface area contributed by atoms with Crippen molar-refractivity contribution in [3.63, 3.8) is 0 Å². The third-order valence-electron chi connectivity index (χ3n) is 6.98. The van der Waals surface area contributed by atoms with Crippen LogP contribution in [-0.4, -0.2) is 48.6 Å². The number of carboxylic acid groups (broad SMARTS) is 1. The first-order valence-electron chi connectivity index (χ1n) is 12.7. The Morgan fingerprint density at radius 2 is 2.05 bits per heavy atom. The summed E-state index contributed by atoms with van der Waals surface area (Å²) >= 11 is 0. The number of nitrogens with zero attached hydrogens (tertiary/aromatic N) is 5. The number of pyridine rings is 1. The van der Waals surface area contributed by atoms with Gasteiger partial charge >= 0.3 is 5.97 Å². The number of benzene rings is 1. The SMILES string of the molecule is CC[C@@H]1CN(Cc2cc(C(OCc3cn(C)nn3)C(C)(C)C(=O)O)ccc2C)Cc2nc(C)ccc2O1. The summed E-state index contributed by atoms with van der Waals surface area (Å²) in [6.07, 6.45) is 2.06. The van der Waals surface area contributed by atoms with Gasteiger partial charge in [0.05, 0.1) is 30.0 Å². The number of aromatic nitrogens is 4. The molecule has 0 saturated heterocycles. The minimum atomic E-state index is -1.15. The third-order valence-corrected chi connectivity index (χ3v) is 6.98. The Hall–Kier alpha value is -3.30. The van der Waals surface area contributed by atoms with Gasteiger partial charge in [-0.05, 0) is 62.9 Å². The molecule has 1 aliphatic rings. The molecule has 3 aromatic rings. The number of carboxylic acids is 1. The molecule has 9 heteroatoms. The number of rotatable bonds is 9. The van der Waals surface area contributed by atoms with Crippen LogP contribution in [0.5, 0.6) is 5.75 Å². The van der Waals surface area contributed by atoms with Crippen LogP contribution in [0.25, 0.3) is 0 Å². The molecule has 1 aliphatic heterocycles. The summed E-state index contributed by atoms with van der Waals surface area (Å²) in [6.45, 7) is 11.9. The molecule has 9 nitrogen and oxygen atoms in total. The monoisotopic (exact) mass is 507 g/mol. The largest absolute Gasteiger partial charge is 0.487 e. The molecule has 2 atom stereocenters. The van der Waals surface area contributed by atoms with E-state index in [1.54, 1.807) is 31.8 Å². The first-order chi connectivity index (χ1) is 17.6. The van der Waals surface area contributed by atoms with Gasteiger partial charge in [-0.1, -0.05) is 30.3 Å². The van der Waals surface area contributed by atoms with Crippen LogP contribution in [0.15, 0.2) is 36.5 Å². The third kappa shape index (κ3) is 6.17. The summed E-state index contributed by atoms with van der Waals surface area (Å²) in [7, 11) is 1.79. The van der Waals surface area contributed by atoms with Crippen LogP contribution in [0.2, 0.25) is 0 Å². The Morgan fingerprint density at radius 1 is 1.27 bits per heavy atom. The fraction of sp³-hybridized carbons (Fsp3) is 0.500. The molecule has 1 unspecified atom stereocenters. The number of hydrogen-bond donors (Lipinski definition) is 1. The second-order valence-corrected chi connectivity index (χ2v) is 10.5. The van der Waals surface area contributed by atoms with Gasteiger partial charge in [-0.25, -0.2) is 0 Å². The summed E-state index contributed by atoms with van der Waals surface area (Å²) in [4.78, 5) is 19.3. The Bertz CT molecular complexity index is 1260. The van der Waals surface area contributed by atoms with E-state index in [0.29, 0.717) is 18.8 Å². The number of hydrogen-bond acceptors (Lipinski definition) is 7. The van der Waals surface area contributed by atoms with Crippen molar-refractivity contribution in [3.05, 3.63) is 70.3 Å². The van der Waals surface area contributed by atoms with Gasteiger partial charge in [-0.15, -0.1) is 5.10 Å². The van der Waals surface area contributed by atoms with Gasteiger partial charge in [-0.3, -0.25) is 19.4 Å². The molecule has 0 aliphatic carbocycles. The molecule has 1 aromatic carbocycles. The number of ether oxygens (including phenoxy) is 2. The van der Waals surface area contributed by atoms with E-state index < -0.39 is 17.5 Å². The van der Waals surface area contributed by atoms with Crippen molar-refractivity contribution in [1.29, 1.82) is 0 Å². The molecule has 2 aromatic heterocycles. The van der Waals surface area contributed by atoms with E-state index in [4.69, 9.17) is 14.5 Å². The van der Waals surface area contributed by atoms with Crippen LogP contribution in [-0.2, 0) is 36.3 Å². The fourth-order valence-corrected chi connectivity index (χ4v) is 4.66. The summed E-state index contributed by atoms with van der Waals surface area (Å²) in [5.41, 5.74) is 4.50.